The van der Waals surface area contributed by atoms with Crippen LogP contribution in [0.2, 0.25) is 0 Å². The molecule has 5 nitrogen and oxygen atoms in total. The van der Waals surface area contributed by atoms with E-state index < -0.39 is 0 Å². The molecule has 0 radical (unpaired) electrons. The van der Waals surface area contributed by atoms with Gasteiger partial charge in [0.15, 0.2) is 0 Å². The smallest absolute Gasteiger partial charge is 0.271 e. The first kappa shape index (κ1) is 13.6. The minimum Gasteiger partial charge on any atom is -0.321 e. The maximum absolute atomic E-state index is 12.0. The highest BCUT2D eigenvalue weighted by molar-refractivity contribution is 7.98. The summed E-state index contributed by atoms with van der Waals surface area (Å²) in [4.78, 5) is 24.4. The molecule has 0 saturated heterocycles. The molecule has 1 N–H and O–H groups in total. The summed E-state index contributed by atoms with van der Waals surface area (Å²) in [6.45, 7) is 0. The number of rotatable bonds is 3. The van der Waals surface area contributed by atoms with Crippen LogP contribution in [0.15, 0.2) is 34.3 Å². The number of anilines is 1. The van der Waals surface area contributed by atoms with Crippen molar-refractivity contribution in [3.63, 3.8) is 0 Å². The number of hydrazone groups is 1. The second-order valence-electron chi connectivity index (χ2n) is 4.15. The number of thioether (sulfide) groups is 1. The molecular weight excluding hydrogens is 262 g/mol. The fourth-order valence-corrected chi connectivity index (χ4v) is 2.12. The monoisotopic (exact) mass is 277 g/mol. The van der Waals surface area contributed by atoms with Crippen LogP contribution in [0.4, 0.5) is 5.69 Å². The Morgan fingerprint density at radius 3 is 2.58 bits per heavy atom. The molecule has 2 amide bonds. The Hall–Kier alpha value is -1.82. The van der Waals surface area contributed by atoms with Gasteiger partial charge in [-0.05, 0) is 30.5 Å². The summed E-state index contributed by atoms with van der Waals surface area (Å²) < 4.78 is 0. The lowest BCUT2D eigenvalue weighted by Gasteiger charge is -2.18. The zero-order valence-corrected chi connectivity index (χ0v) is 11.7. The molecule has 2 rings (SSSR count). The lowest BCUT2D eigenvalue weighted by Crippen LogP contribution is -2.34. The van der Waals surface area contributed by atoms with E-state index >= 15 is 0 Å². The third kappa shape index (κ3) is 3.35. The standard InChI is InChI=1S/C13H15N3O2S/c1-16-12(17)8-7-11(15-16)13(18)14-9-3-5-10(19-2)6-4-9/h3-6H,7-8H2,1-2H3,(H,14,18). The molecule has 0 aliphatic carbocycles. The van der Waals surface area contributed by atoms with Gasteiger partial charge in [0, 0.05) is 30.5 Å². The van der Waals surface area contributed by atoms with E-state index in [4.69, 9.17) is 0 Å². The van der Waals surface area contributed by atoms with Crippen molar-refractivity contribution in [3.05, 3.63) is 24.3 Å². The van der Waals surface area contributed by atoms with Crippen molar-refractivity contribution in [1.82, 2.24) is 5.01 Å². The van der Waals surface area contributed by atoms with Gasteiger partial charge >= 0.3 is 0 Å². The minimum atomic E-state index is -0.253. The fraction of sp³-hybridized carbons (Fsp3) is 0.308. The minimum absolute atomic E-state index is 0.0686. The van der Waals surface area contributed by atoms with Crippen molar-refractivity contribution >= 4 is 35.0 Å². The van der Waals surface area contributed by atoms with Crippen LogP contribution in [0.1, 0.15) is 12.8 Å². The van der Waals surface area contributed by atoms with Crippen LogP contribution in [0.25, 0.3) is 0 Å². The van der Waals surface area contributed by atoms with Crippen molar-refractivity contribution in [3.8, 4) is 0 Å². The van der Waals surface area contributed by atoms with Crippen molar-refractivity contribution in [1.29, 1.82) is 0 Å². The van der Waals surface area contributed by atoms with Gasteiger partial charge in [-0.3, -0.25) is 9.59 Å². The van der Waals surface area contributed by atoms with Crippen LogP contribution in [0.3, 0.4) is 0 Å². The van der Waals surface area contributed by atoms with Gasteiger partial charge in [0.1, 0.15) is 5.71 Å². The molecule has 1 heterocycles. The van der Waals surface area contributed by atoms with Crippen LogP contribution in [-0.2, 0) is 9.59 Å². The Kier molecular flexibility index (Phi) is 4.21. The molecular formula is C13H15N3O2S. The summed E-state index contributed by atoms with van der Waals surface area (Å²) in [6, 6.07) is 7.58. The first-order valence-electron chi connectivity index (χ1n) is 5.89. The summed E-state index contributed by atoms with van der Waals surface area (Å²) in [7, 11) is 1.56. The molecule has 0 aromatic heterocycles. The van der Waals surface area contributed by atoms with E-state index in [1.807, 2.05) is 30.5 Å². The van der Waals surface area contributed by atoms with E-state index in [1.165, 1.54) is 5.01 Å². The number of nitrogens with one attached hydrogen (secondary N) is 1. The molecule has 0 saturated carbocycles. The molecule has 6 heteroatoms. The molecule has 0 unspecified atom stereocenters. The van der Waals surface area contributed by atoms with E-state index in [2.05, 4.69) is 10.4 Å². The van der Waals surface area contributed by atoms with Gasteiger partial charge < -0.3 is 5.32 Å². The van der Waals surface area contributed by atoms with Crippen LogP contribution in [0, 0.1) is 0 Å². The zero-order valence-electron chi connectivity index (χ0n) is 10.8. The SMILES string of the molecule is CSc1ccc(NC(=O)C2=NN(C)C(=O)CC2)cc1. The van der Waals surface area contributed by atoms with Gasteiger partial charge in [-0.25, -0.2) is 5.01 Å². The molecule has 0 spiro atoms. The average Bonchev–Trinajstić information content (AvgIpc) is 2.42. The number of carbonyl (C=O) groups excluding carboxylic acids is 2. The Balaban J connectivity index is 2.04. The van der Waals surface area contributed by atoms with E-state index in [0.717, 1.165) is 10.6 Å². The Morgan fingerprint density at radius 1 is 1.32 bits per heavy atom. The van der Waals surface area contributed by atoms with Crippen LogP contribution in [-0.4, -0.2) is 35.8 Å². The first-order valence-corrected chi connectivity index (χ1v) is 7.12. The second kappa shape index (κ2) is 5.88. The van der Waals surface area contributed by atoms with Gasteiger partial charge in [0.05, 0.1) is 0 Å². The predicted molar refractivity (Wildman–Crippen MR) is 76.3 cm³/mol. The predicted octanol–water partition coefficient (Wildman–Crippen LogP) is 1.96. The topological polar surface area (TPSA) is 61.8 Å². The first-order chi connectivity index (χ1) is 9.10. The summed E-state index contributed by atoms with van der Waals surface area (Å²) in [5.74, 6) is -0.322. The van der Waals surface area contributed by atoms with Crippen LogP contribution < -0.4 is 5.32 Å². The van der Waals surface area contributed by atoms with Gasteiger partial charge in [0.25, 0.3) is 5.91 Å². The van der Waals surface area contributed by atoms with E-state index in [-0.39, 0.29) is 11.8 Å². The highest BCUT2D eigenvalue weighted by Crippen LogP contribution is 2.18. The molecule has 100 valence electrons. The number of benzene rings is 1. The molecule has 0 fully saturated rings. The Bertz CT molecular complexity index is 525. The number of hydrogen-bond acceptors (Lipinski definition) is 4. The van der Waals surface area contributed by atoms with Gasteiger partial charge in [-0.15, -0.1) is 11.8 Å². The molecule has 0 atom stereocenters. The van der Waals surface area contributed by atoms with E-state index in [0.29, 0.717) is 18.6 Å². The molecule has 1 aromatic carbocycles. The lowest BCUT2D eigenvalue weighted by atomic mass is 10.1. The Morgan fingerprint density at radius 2 is 2.00 bits per heavy atom. The largest absolute Gasteiger partial charge is 0.321 e. The summed E-state index contributed by atoms with van der Waals surface area (Å²) in [6.07, 6.45) is 2.71. The normalized spacial score (nSPS) is 15.2. The molecule has 19 heavy (non-hydrogen) atoms. The van der Waals surface area contributed by atoms with Crippen LogP contribution in [0.5, 0.6) is 0 Å². The van der Waals surface area contributed by atoms with E-state index in [1.54, 1.807) is 18.8 Å². The van der Waals surface area contributed by atoms with Crippen molar-refractivity contribution in [2.75, 3.05) is 18.6 Å². The maximum Gasteiger partial charge on any atom is 0.271 e. The highest BCUT2D eigenvalue weighted by atomic mass is 32.2. The van der Waals surface area contributed by atoms with Gasteiger partial charge in [-0.2, -0.15) is 5.10 Å². The third-order valence-corrected chi connectivity index (χ3v) is 3.56. The third-order valence-electron chi connectivity index (χ3n) is 2.82. The average molecular weight is 277 g/mol. The van der Waals surface area contributed by atoms with Gasteiger partial charge in [0.2, 0.25) is 5.91 Å². The van der Waals surface area contributed by atoms with Crippen molar-refractivity contribution < 1.29 is 9.59 Å². The summed E-state index contributed by atoms with van der Waals surface area (Å²) >= 11 is 1.64. The molecule has 1 aliphatic rings. The summed E-state index contributed by atoms with van der Waals surface area (Å²) in [5, 5.41) is 7.98. The Labute approximate surface area is 116 Å². The quantitative estimate of drug-likeness (QED) is 0.859. The maximum atomic E-state index is 12.0. The second-order valence-corrected chi connectivity index (χ2v) is 5.03. The highest BCUT2D eigenvalue weighted by Gasteiger charge is 2.21. The van der Waals surface area contributed by atoms with Crippen molar-refractivity contribution in [2.45, 2.75) is 17.7 Å². The lowest BCUT2D eigenvalue weighted by molar-refractivity contribution is -0.130. The number of hydrogen-bond donors (Lipinski definition) is 1. The molecule has 1 aromatic rings. The van der Waals surface area contributed by atoms with Gasteiger partial charge in [-0.1, -0.05) is 0 Å². The molecule has 1 aliphatic heterocycles. The van der Waals surface area contributed by atoms with Crippen molar-refractivity contribution in [2.24, 2.45) is 5.10 Å². The fourth-order valence-electron chi connectivity index (χ4n) is 1.71. The number of carbonyl (C=O) groups is 2. The molecule has 0 bridgehead atoms. The number of amides is 2. The van der Waals surface area contributed by atoms with E-state index in [9.17, 15) is 9.59 Å². The zero-order chi connectivity index (χ0) is 13.8. The summed E-state index contributed by atoms with van der Waals surface area (Å²) in [5.41, 5.74) is 1.11. The van der Waals surface area contributed by atoms with Crippen LogP contribution >= 0.6 is 11.8 Å². The number of nitrogens with zero attached hydrogens (tertiary/aromatic N) is 2.